The molecule has 2 fully saturated rings. The molecule has 0 atom stereocenters. The summed E-state index contributed by atoms with van der Waals surface area (Å²) in [6, 6.07) is 0. The molecule has 0 aromatic carbocycles. The van der Waals surface area contributed by atoms with Crippen LogP contribution >= 0.6 is 12.4 Å². The predicted molar refractivity (Wildman–Crippen MR) is 54.5 cm³/mol. The van der Waals surface area contributed by atoms with Gasteiger partial charge in [0, 0.05) is 25.9 Å². The van der Waals surface area contributed by atoms with Crippen molar-refractivity contribution in [2.45, 2.75) is 31.2 Å². The molecule has 0 aromatic rings. The third-order valence-electron chi connectivity index (χ3n) is 2.97. The molecule has 80 valence electrons. The molecule has 0 aromatic heterocycles. The summed E-state index contributed by atoms with van der Waals surface area (Å²) in [7, 11) is 0. The second-order valence-corrected chi connectivity index (χ2v) is 3.80. The number of ketones is 1. The minimum absolute atomic E-state index is 0. The van der Waals surface area contributed by atoms with Crippen LogP contribution in [0.4, 0.5) is 0 Å². The number of carbonyl (C=O) groups is 2. The van der Waals surface area contributed by atoms with E-state index in [1.807, 2.05) is 0 Å². The summed E-state index contributed by atoms with van der Waals surface area (Å²) in [5, 5.41) is 6.09. The first-order valence-corrected chi connectivity index (χ1v) is 4.78. The maximum Gasteiger partial charge on any atom is 0.240 e. The number of hydrogen-bond acceptors (Lipinski definition) is 3. The van der Waals surface area contributed by atoms with E-state index in [-0.39, 0.29) is 24.1 Å². The fourth-order valence-corrected chi connectivity index (χ4v) is 2.09. The SMILES string of the molecule is Cl.O=C1CCC2(CC1)NCCNC2=O. The zero-order valence-corrected chi connectivity index (χ0v) is 8.78. The van der Waals surface area contributed by atoms with E-state index in [1.165, 1.54) is 0 Å². The van der Waals surface area contributed by atoms with Crippen molar-refractivity contribution in [3.05, 3.63) is 0 Å². The van der Waals surface area contributed by atoms with Gasteiger partial charge < -0.3 is 10.6 Å². The number of nitrogens with one attached hydrogen (secondary N) is 2. The molecular formula is C9H15ClN2O2. The van der Waals surface area contributed by atoms with Crippen molar-refractivity contribution >= 4 is 24.1 Å². The average molecular weight is 219 g/mol. The van der Waals surface area contributed by atoms with Crippen LogP contribution in [0.3, 0.4) is 0 Å². The highest BCUT2D eigenvalue weighted by molar-refractivity contribution is 5.90. The average Bonchev–Trinajstić information content (AvgIpc) is 2.15. The van der Waals surface area contributed by atoms with Crippen LogP contribution in [0.25, 0.3) is 0 Å². The van der Waals surface area contributed by atoms with Crippen LogP contribution in [0, 0.1) is 0 Å². The molecule has 1 aliphatic heterocycles. The van der Waals surface area contributed by atoms with Crippen molar-refractivity contribution in [3.8, 4) is 0 Å². The molecule has 1 heterocycles. The van der Waals surface area contributed by atoms with Crippen LogP contribution in [-0.4, -0.2) is 30.3 Å². The summed E-state index contributed by atoms with van der Waals surface area (Å²) >= 11 is 0. The third kappa shape index (κ3) is 1.91. The molecule has 4 nitrogen and oxygen atoms in total. The van der Waals surface area contributed by atoms with Gasteiger partial charge in [-0.25, -0.2) is 0 Å². The second kappa shape index (κ2) is 4.28. The van der Waals surface area contributed by atoms with Gasteiger partial charge >= 0.3 is 0 Å². The van der Waals surface area contributed by atoms with Crippen molar-refractivity contribution in [1.29, 1.82) is 0 Å². The Morgan fingerprint density at radius 3 is 2.29 bits per heavy atom. The van der Waals surface area contributed by atoms with E-state index in [1.54, 1.807) is 0 Å². The molecule has 1 saturated carbocycles. The van der Waals surface area contributed by atoms with Gasteiger partial charge in [-0.2, -0.15) is 0 Å². The topological polar surface area (TPSA) is 58.2 Å². The molecule has 0 radical (unpaired) electrons. The lowest BCUT2D eigenvalue weighted by atomic mass is 9.79. The lowest BCUT2D eigenvalue weighted by Gasteiger charge is -2.39. The molecular weight excluding hydrogens is 204 g/mol. The summed E-state index contributed by atoms with van der Waals surface area (Å²) in [5.74, 6) is 0.358. The Morgan fingerprint density at radius 1 is 1.07 bits per heavy atom. The Balaban J connectivity index is 0.000000980. The van der Waals surface area contributed by atoms with Crippen molar-refractivity contribution in [1.82, 2.24) is 10.6 Å². The number of carbonyl (C=O) groups excluding carboxylic acids is 2. The zero-order chi connectivity index (χ0) is 9.31. The molecule has 2 N–H and O–H groups in total. The molecule has 1 amide bonds. The van der Waals surface area contributed by atoms with Gasteiger partial charge in [-0.1, -0.05) is 0 Å². The highest BCUT2D eigenvalue weighted by Crippen LogP contribution is 2.27. The number of Topliss-reactive ketones (excluding diaryl/α,β-unsaturated/α-hetero) is 1. The van der Waals surface area contributed by atoms with Crippen LogP contribution in [0.1, 0.15) is 25.7 Å². The molecule has 1 aliphatic carbocycles. The molecule has 2 rings (SSSR count). The minimum Gasteiger partial charge on any atom is -0.353 e. The lowest BCUT2D eigenvalue weighted by molar-refractivity contribution is -0.133. The van der Waals surface area contributed by atoms with Gasteiger partial charge in [0.15, 0.2) is 0 Å². The van der Waals surface area contributed by atoms with Crippen molar-refractivity contribution in [2.75, 3.05) is 13.1 Å². The molecule has 0 unspecified atom stereocenters. The number of halogens is 1. The first-order valence-electron chi connectivity index (χ1n) is 4.78. The fourth-order valence-electron chi connectivity index (χ4n) is 2.09. The Labute approximate surface area is 89.2 Å². The number of piperazine rings is 1. The Bertz CT molecular complexity index is 245. The van der Waals surface area contributed by atoms with Crippen molar-refractivity contribution in [2.24, 2.45) is 0 Å². The van der Waals surface area contributed by atoms with Gasteiger partial charge in [-0.05, 0) is 12.8 Å². The lowest BCUT2D eigenvalue weighted by Crippen LogP contribution is -2.64. The van der Waals surface area contributed by atoms with Gasteiger partial charge in [0.05, 0.1) is 5.54 Å². The Kier molecular flexibility index (Phi) is 3.50. The fraction of sp³-hybridized carbons (Fsp3) is 0.778. The predicted octanol–water partition coefficient (Wildman–Crippen LogP) is 0.00950. The Hall–Kier alpha value is -0.610. The van der Waals surface area contributed by atoms with E-state index in [0.717, 1.165) is 6.54 Å². The van der Waals surface area contributed by atoms with Gasteiger partial charge in [0.1, 0.15) is 5.78 Å². The third-order valence-corrected chi connectivity index (χ3v) is 2.97. The minimum atomic E-state index is -0.424. The summed E-state index contributed by atoms with van der Waals surface area (Å²) in [6.07, 6.45) is 2.41. The largest absolute Gasteiger partial charge is 0.353 e. The van der Waals surface area contributed by atoms with Crippen molar-refractivity contribution in [3.63, 3.8) is 0 Å². The van der Waals surface area contributed by atoms with Crippen LogP contribution < -0.4 is 10.6 Å². The second-order valence-electron chi connectivity index (χ2n) is 3.80. The molecule has 2 aliphatic rings. The molecule has 0 bridgehead atoms. The molecule has 5 heteroatoms. The first-order chi connectivity index (χ1) is 6.23. The van der Waals surface area contributed by atoms with E-state index in [2.05, 4.69) is 10.6 Å². The van der Waals surface area contributed by atoms with Crippen LogP contribution in [0.5, 0.6) is 0 Å². The highest BCUT2D eigenvalue weighted by Gasteiger charge is 2.42. The maximum absolute atomic E-state index is 11.6. The van der Waals surface area contributed by atoms with E-state index in [0.29, 0.717) is 32.2 Å². The van der Waals surface area contributed by atoms with E-state index in [4.69, 9.17) is 0 Å². The highest BCUT2D eigenvalue weighted by atomic mass is 35.5. The van der Waals surface area contributed by atoms with E-state index in [9.17, 15) is 9.59 Å². The monoisotopic (exact) mass is 218 g/mol. The van der Waals surface area contributed by atoms with Gasteiger partial charge in [-0.15, -0.1) is 12.4 Å². The summed E-state index contributed by atoms with van der Waals surface area (Å²) in [4.78, 5) is 22.6. The maximum atomic E-state index is 11.6. The van der Waals surface area contributed by atoms with Gasteiger partial charge in [0.2, 0.25) is 5.91 Å². The number of amides is 1. The van der Waals surface area contributed by atoms with Crippen LogP contribution in [0.15, 0.2) is 0 Å². The number of hydrogen-bond donors (Lipinski definition) is 2. The zero-order valence-electron chi connectivity index (χ0n) is 7.97. The normalized spacial score (nSPS) is 25.4. The molecule has 1 spiro atoms. The van der Waals surface area contributed by atoms with Crippen LogP contribution in [-0.2, 0) is 9.59 Å². The van der Waals surface area contributed by atoms with Gasteiger partial charge in [-0.3, -0.25) is 9.59 Å². The Morgan fingerprint density at radius 2 is 1.71 bits per heavy atom. The van der Waals surface area contributed by atoms with Crippen LogP contribution in [0.2, 0.25) is 0 Å². The summed E-state index contributed by atoms with van der Waals surface area (Å²) in [5.41, 5.74) is -0.424. The number of rotatable bonds is 0. The van der Waals surface area contributed by atoms with Crippen molar-refractivity contribution < 1.29 is 9.59 Å². The molecule has 14 heavy (non-hydrogen) atoms. The molecule has 1 saturated heterocycles. The smallest absolute Gasteiger partial charge is 0.240 e. The quantitative estimate of drug-likeness (QED) is 0.602. The summed E-state index contributed by atoms with van der Waals surface area (Å²) < 4.78 is 0. The standard InChI is InChI=1S/C9H14N2O2.ClH/c12-7-1-3-9(4-2-7)8(13)10-5-6-11-9;/h11H,1-6H2,(H,10,13);1H. The van der Waals surface area contributed by atoms with Gasteiger partial charge in [0.25, 0.3) is 0 Å². The van der Waals surface area contributed by atoms with E-state index < -0.39 is 5.54 Å². The first kappa shape index (κ1) is 11.5. The summed E-state index contributed by atoms with van der Waals surface area (Å²) in [6.45, 7) is 1.52. The van der Waals surface area contributed by atoms with E-state index >= 15 is 0 Å².